The smallest absolute Gasteiger partial charge is 0.244 e. The molecule has 1 aromatic heterocycles. The summed E-state index contributed by atoms with van der Waals surface area (Å²) in [5.41, 5.74) is 0.986. The third kappa shape index (κ3) is 4.43. The number of aryl methyl sites for hydroxylation is 1. The van der Waals surface area contributed by atoms with E-state index in [1.807, 2.05) is 18.4 Å². The zero-order valence-corrected chi connectivity index (χ0v) is 14.3. The van der Waals surface area contributed by atoms with Crippen molar-refractivity contribution in [3.63, 3.8) is 0 Å². The normalized spacial score (nSPS) is 12.3. The summed E-state index contributed by atoms with van der Waals surface area (Å²) in [6, 6.07) is 2.12. The van der Waals surface area contributed by atoms with E-state index in [4.69, 9.17) is 0 Å². The van der Waals surface area contributed by atoms with Crippen molar-refractivity contribution in [3.8, 4) is 0 Å². The van der Waals surface area contributed by atoms with Gasteiger partial charge in [-0.1, -0.05) is 26.8 Å². The molecule has 0 aliphatic rings. The first-order valence-electron chi connectivity index (χ1n) is 7.40. The van der Waals surface area contributed by atoms with Crippen LogP contribution in [0.3, 0.4) is 0 Å². The van der Waals surface area contributed by atoms with E-state index >= 15 is 0 Å². The first-order valence-corrected chi connectivity index (χ1v) is 8.84. The van der Waals surface area contributed by atoms with E-state index < -0.39 is 10.0 Å². The highest BCUT2D eigenvalue weighted by atomic mass is 32.2. The fourth-order valence-electron chi connectivity index (χ4n) is 2.11. The van der Waals surface area contributed by atoms with Crippen molar-refractivity contribution in [3.05, 3.63) is 30.6 Å². The Morgan fingerprint density at radius 2 is 2.10 bits per heavy atom. The first kappa shape index (κ1) is 17.9. The highest BCUT2D eigenvalue weighted by Gasteiger charge is 2.24. The van der Waals surface area contributed by atoms with Gasteiger partial charge in [0, 0.05) is 44.1 Å². The van der Waals surface area contributed by atoms with Crippen molar-refractivity contribution in [1.82, 2.24) is 14.2 Å². The Labute approximate surface area is 128 Å². The van der Waals surface area contributed by atoms with E-state index in [1.165, 1.54) is 4.31 Å². The van der Waals surface area contributed by atoms with Crippen LogP contribution >= 0.6 is 0 Å². The molecule has 1 N–H and O–H groups in total. The summed E-state index contributed by atoms with van der Waals surface area (Å²) in [7, 11) is -3.45. The van der Waals surface area contributed by atoms with Gasteiger partial charge < -0.3 is 9.88 Å². The summed E-state index contributed by atoms with van der Waals surface area (Å²) in [5, 5.41) is 3.32. The zero-order chi connectivity index (χ0) is 16.0. The maximum absolute atomic E-state index is 12.6. The van der Waals surface area contributed by atoms with Crippen molar-refractivity contribution >= 4 is 10.0 Å². The monoisotopic (exact) mass is 313 g/mol. The maximum atomic E-state index is 12.6. The lowest BCUT2D eigenvalue weighted by Gasteiger charge is -2.17. The topological polar surface area (TPSA) is 54.3 Å². The van der Waals surface area contributed by atoms with Crippen LogP contribution in [0.4, 0.5) is 0 Å². The molecule has 0 bridgehead atoms. The molecule has 0 aliphatic heterocycles. The van der Waals surface area contributed by atoms with E-state index in [1.54, 1.807) is 18.3 Å². The third-order valence-electron chi connectivity index (χ3n) is 3.32. The van der Waals surface area contributed by atoms with Crippen LogP contribution in [0.25, 0.3) is 0 Å². The highest BCUT2D eigenvalue weighted by Crippen LogP contribution is 2.19. The summed E-state index contributed by atoms with van der Waals surface area (Å²) >= 11 is 0. The number of hydrogen-bond acceptors (Lipinski definition) is 3. The standard InChI is InChI=1S/C15H27N3O2S/c1-6-9-18(8-3)21(19,20)15-10-14(11-16-13(4)5)17(7-2)12-15/h6,10,12-13,16H,1,7-9,11H2,2-5H3. The Bertz CT molecular complexity index is 561. The average molecular weight is 313 g/mol. The number of sulfonamides is 1. The Balaban J connectivity index is 3.10. The lowest BCUT2D eigenvalue weighted by Crippen LogP contribution is -2.30. The predicted molar refractivity (Wildman–Crippen MR) is 86.7 cm³/mol. The molecule has 0 radical (unpaired) electrons. The fourth-order valence-corrected chi connectivity index (χ4v) is 3.59. The molecule has 6 heteroatoms. The minimum atomic E-state index is -3.45. The van der Waals surface area contributed by atoms with Gasteiger partial charge in [-0.25, -0.2) is 8.42 Å². The Hall–Kier alpha value is -1.11. The molecule has 0 aromatic carbocycles. The average Bonchev–Trinajstić information content (AvgIpc) is 2.86. The molecule has 21 heavy (non-hydrogen) atoms. The highest BCUT2D eigenvalue weighted by molar-refractivity contribution is 7.89. The molecule has 0 unspecified atom stereocenters. The van der Waals surface area contributed by atoms with Gasteiger partial charge in [0.25, 0.3) is 0 Å². The molecule has 1 rings (SSSR count). The number of likely N-dealkylation sites (N-methyl/N-ethyl adjacent to an activating group) is 1. The van der Waals surface area contributed by atoms with E-state index in [2.05, 4.69) is 25.7 Å². The zero-order valence-electron chi connectivity index (χ0n) is 13.5. The van der Waals surface area contributed by atoms with Gasteiger partial charge in [0.15, 0.2) is 0 Å². The second-order valence-electron chi connectivity index (χ2n) is 5.23. The quantitative estimate of drug-likeness (QED) is 0.711. The van der Waals surface area contributed by atoms with Crippen molar-refractivity contribution in [1.29, 1.82) is 0 Å². The van der Waals surface area contributed by atoms with Gasteiger partial charge in [0.1, 0.15) is 4.90 Å². The Morgan fingerprint density at radius 3 is 2.57 bits per heavy atom. The second kappa shape index (κ2) is 7.77. The van der Waals surface area contributed by atoms with E-state index in [-0.39, 0.29) is 0 Å². The number of hydrogen-bond donors (Lipinski definition) is 1. The molecule has 1 aromatic rings. The lowest BCUT2D eigenvalue weighted by molar-refractivity contribution is 0.459. The Morgan fingerprint density at radius 1 is 1.43 bits per heavy atom. The fraction of sp³-hybridized carbons (Fsp3) is 0.600. The molecule has 0 saturated heterocycles. The maximum Gasteiger partial charge on any atom is 0.244 e. The molecule has 0 aliphatic carbocycles. The van der Waals surface area contributed by atoms with Crippen LogP contribution in [-0.4, -0.2) is 36.4 Å². The third-order valence-corrected chi connectivity index (χ3v) is 5.22. The van der Waals surface area contributed by atoms with Crippen molar-refractivity contribution in [2.24, 2.45) is 0 Å². The van der Waals surface area contributed by atoms with Crippen molar-refractivity contribution in [2.45, 2.75) is 51.7 Å². The SMILES string of the molecule is C=CCN(CC)S(=O)(=O)c1cc(CNC(C)C)n(CC)c1. The summed E-state index contributed by atoms with van der Waals surface area (Å²) in [6.45, 7) is 13.8. The van der Waals surface area contributed by atoms with Crippen LogP contribution in [0.15, 0.2) is 29.8 Å². The van der Waals surface area contributed by atoms with E-state index in [9.17, 15) is 8.42 Å². The molecular formula is C15H27N3O2S. The van der Waals surface area contributed by atoms with Gasteiger partial charge in [0.2, 0.25) is 10.0 Å². The Kier molecular flexibility index (Phi) is 6.64. The molecule has 1 heterocycles. The number of aromatic nitrogens is 1. The van der Waals surface area contributed by atoms with Gasteiger partial charge in [0.05, 0.1) is 0 Å². The van der Waals surface area contributed by atoms with Crippen LogP contribution in [0.5, 0.6) is 0 Å². The van der Waals surface area contributed by atoms with Crippen LogP contribution in [0.2, 0.25) is 0 Å². The first-order chi connectivity index (χ1) is 9.86. The van der Waals surface area contributed by atoms with Crippen LogP contribution in [0.1, 0.15) is 33.4 Å². The predicted octanol–water partition coefficient (Wildman–Crippen LogP) is 2.20. The minimum absolute atomic E-state index is 0.329. The van der Waals surface area contributed by atoms with E-state index in [0.717, 1.165) is 12.2 Å². The number of rotatable bonds is 9. The molecular weight excluding hydrogens is 286 g/mol. The molecule has 120 valence electrons. The summed E-state index contributed by atoms with van der Waals surface area (Å²) < 4.78 is 28.6. The van der Waals surface area contributed by atoms with Crippen molar-refractivity contribution in [2.75, 3.05) is 13.1 Å². The molecule has 0 saturated carbocycles. The minimum Gasteiger partial charge on any atom is -0.349 e. The number of nitrogens with zero attached hydrogens (tertiary/aromatic N) is 2. The van der Waals surface area contributed by atoms with Gasteiger partial charge in [-0.2, -0.15) is 4.31 Å². The van der Waals surface area contributed by atoms with Gasteiger partial charge in [-0.15, -0.1) is 6.58 Å². The molecule has 0 amide bonds. The van der Waals surface area contributed by atoms with Crippen LogP contribution in [-0.2, 0) is 23.1 Å². The van der Waals surface area contributed by atoms with Crippen LogP contribution < -0.4 is 5.32 Å². The molecule has 0 atom stereocenters. The largest absolute Gasteiger partial charge is 0.349 e. The van der Waals surface area contributed by atoms with Gasteiger partial charge in [-0.05, 0) is 13.0 Å². The molecule has 5 nitrogen and oxygen atoms in total. The van der Waals surface area contributed by atoms with E-state index in [0.29, 0.717) is 30.6 Å². The number of nitrogens with one attached hydrogen (secondary N) is 1. The lowest BCUT2D eigenvalue weighted by atomic mass is 10.3. The molecule has 0 spiro atoms. The molecule has 0 fully saturated rings. The van der Waals surface area contributed by atoms with Crippen molar-refractivity contribution < 1.29 is 8.42 Å². The summed E-state index contributed by atoms with van der Waals surface area (Å²) in [5.74, 6) is 0. The van der Waals surface area contributed by atoms with Gasteiger partial charge in [-0.3, -0.25) is 0 Å². The second-order valence-corrected chi connectivity index (χ2v) is 7.17. The van der Waals surface area contributed by atoms with Crippen LogP contribution in [0, 0.1) is 0 Å². The van der Waals surface area contributed by atoms with Gasteiger partial charge >= 0.3 is 0 Å². The summed E-state index contributed by atoms with van der Waals surface area (Å²) in [4.78, 5) is 0.355. The summed E-state index contributed by atoms with van der Waals surface area (Å²) in [6.07, 6.45) is 3.33.